The summed E-state index contributed by atoms with van der Waals surface area (Å²) in [6.45, 7) is 8.14. The van der Waals surface area contributed by atoms with E-state index in [4.69, 9.17) is 4.74 Å². The van der Waals surface area contributed by atoms with Gasteiger partial charge in [-0.1, -0.05) is 68.4 Å². The first-order valence-corrected chi connectivity index (χ1v) is 9.74. The summed E-state index contributed by atoms with van der Waals surface area (Å²) in [5.41, 5.74) is 3.87. The summed E-state index contributed by atoms with van der Waals surface area (Å²) in [6.07, 6.45) is 1.92. The molecule has 1 unspecified atom stereocenters. The first-order chi connectivity index (χ1) is 13.3. The average molecular weight is 401 g/mol. The van der Waals surface area contributed by atoms with Crippen molar-refractivity contribution in [2.45, 2.75) is 26.3 Å². The summed E-state index contributed by atoms with van der Waals surface area (Å²) in [4.78, 5) is 14.1. The van der Waals surface area contributed by atoms with Crippen LogP contribution in [-0.4, -0.2) is 37.4 Å². The van der Waals surface area contributed by atoms with Crippen LogP contribution in [0.5, 0.6) is 0 Å². The molecule has 0 saturated heterocycles. The van der Waals surface area contributed by atoms with Crippen molar-refractivity contribution >= 4 is 30.1 Å². The molecule has 28 heavy (non-hydrogen) atoms. The van der Waals surface area contributed by atoms with Crippen LogP contribution in [0.4, 0.5) is 0 Å². The molecule has 1 aliphatic rings. The maximum atomic E-state index is 11.7. The Bertz CT molecular complexity index is 788. The highest BCUT2D eigenvalue weighted by Gasteiger charge is 2.27. The normalized spacial score (nSPS) is 15.5. The molecule has 3 rings (SSSR count). The zero-order chi connectivity index (χ0) is 19.1. The molecule has 1 atom stereocenters. The van der Waals surface area contributed by atoms with E-state index in [2.05, 4.69) is 24.1 Å². The number of carbonyl (C=O) groups is 1. The molecule has 0 bridgehead atoms. The van der Waals surface area contributed by atoms with E-state index >= 15 is 0 Å². The van der Waals surface area contributed by atoms with Crippen molar-refractivity contribution in [1.29, 1.82) is 0 Å². The van der Waals surface area contributed by atoms with Crippen molar-refractivity contribution in [1.82, 2.24) is 10.2 Å². The van der Waals surface area contributed by atoms with Gasteiger partial charge in [-0.3, -0.25) is 0 Å². The zero-order valence-electron chi connectivity index (χ0n) is 16.6. The highest BCUT2D eigenvalue weighted by molar-refractivity contribution is 5.92. The molecule has 0 radical (unpaired) electrons. The first-order valence-electron chi connectivity index (χ1n) is 9.74. The van der Waals surface area contributed by atoms with E-state index in [1.165, 1.54) is 0 Å². The number of halogens is 1. The minimum Gasteiger partial charge on any atom is -0.491 e. The van der Waals surface area contributed by atoms with Crippen LogP contribution in [0.25, 0.3) is 11.5 Å². The summed E-state index contributed by atoms with van der Waals surface area (Å²) < 4.78 is 6.28. The summed E-state index contributed by atoms with van der Waals surface area (Å²) in [5.74, 6) is 0.828. The van der Waals surface area contributed by atoms with Crippen molar-refractivity contribution in [3.8, 4) is 0 Å². The second-order valence-corrected chi connectivity index (χ2v) is 6.64. The van der Waals surface area contributed by atoms with Gasteiger partial charge >= 0.3 is 0 Å². The minimum absolute atomic E-state index is 0. The maximum absolute atomic E-state index is 11.7. The van der Waals surface area contributed by atoms with E-state index in [0.29, 0.717) is 6.61 Å². The second-order valence-electron chi connectivity index (χ2n) is 6.64. The van der Waals surface area contributed by atoms with Gasteiger partial charge in [0.25, 0.3) is 0 Å². The second kappa shape index (κ2) is 10.9. The van der Waals surface area contributed by atoms with Gasteiger partial charge in [0.15, 0.2) is 5.76 Å². The molecule has 1 aliphatic heterocycles. The fourth-order valence-corrected chi connectivity index (χ4v) is 3.49. The number of hydrogen-bond acceptors (Lipinski definition) is 4. The summed E-state index contributed by atoms with van der Waals surface area (Å²) >= 11 is 0. The zero-order valence-corrected chi connectivity index (χ0v) is 17.4. The molecule has 150 valence electrons. The van der Waals surface area contributed by atoms with Gasteiger partial charge in [0.1, 0.15) is 12.3 Å². The van der Waals surface area contributed by atoms with E-state index in [1.54, 1.807) is 0 Å². The lowest BCUT2D eigenvalue weighted by molar-refractivity contribution is -0.109. The van der Waals surface area contributed by atoms with Crippen molar-refractivity contribution in [2.24, 2.45) is 0 Å². The number of rotatable bonds is 9. The third-order valence-electron chi connectivity index (χ3n) is 5.03. The Morgan fingerprint density at radius 3 is 2.39 bits per heavy atom. The van der Waals surface area contributed by atoms with Crippen LogP contribution in [0.3, 0.4) is 0 Å². The van der Waals surface area contributed by atoms with Gasteiger partial charge in [-0.2, -0.15) is 0 Å². The van der Waals surface area contributed by atoms with Gasteiger partial charge in [-0.05, 0) is 25.1 Å². The molecule has 1 N–H and O–H groups in total. The molecule has 5 heteroatoms. The van der Waals surface area contributed by atoms with Crippen LogP contribution in [-0.2, 0) is 9.53 Å². The molecule has 0 fully saturated rings. The van der Waals surface area contributed by atoms with E-state index < -0.39 is 0 Å². The van der Waals surface area contributed by atoms with Crippen molar-refractivity contribution in [2.75, 3.05) is 26.2 Å². The fraction of sp³-hybridized carbons (Fsp3) is 0.348. The van der Waals surface area contributed by atoms with Crippen LogP contribution in [0.1, 0.15) is 43.0 Å². The SMILES string of the molecule is CCN(CC)CCCOC1=C(c2ccccc2)NC(C=O)c2ccccc21.Cl. The van der Waals surface area contributed by atoms with Gasteiger partial charge < -0.3 is 19.7 Å². The Kier molecular flexibility index (Phi) is 8.55. The molecular formula is C23H29ClN2O2. The third-order valence-corrected chi connectivity index (χ3v) is 5.03. The number of carbonyl (C=O) groups excluding carboxylic acids is 1. The number of nitrogens with zero attached hydrogens (tertiary/aromatic N) is 1. The molecule has 1 heterocycles. The third kappa shape index (κ3) is 4.94. The predicted molar refractivity (Wildman–Crippen MR) is 117 cm³/mol. The van der Waals surface area contributed by atoms with Gasteiger partial charge in [-0.25, -0.2) is 0 Å². The van der Waals surface area contributed by atoms with Gasteiger partial charge in [0.2, 0.25) is 0 Å². The number of nitrogens with one attached hydrogen (secondary N) is 1. The van der Waals surface area contributed by atoms with Crippen molar-refractivity contribution in [3.05, 3.63) is 71.3 Å². The number of ether oxygens (including phenoxy) is 1. The minimum atomic E-state index is -0.362. The monoisotopic (exact) mass is 400 g/mol. The smallest absolute Gasteiger partial charge is 0.150 e. The lowest BCUT2D eigenvalue weighted by Gasteiger charge is -2.29. The lowest BCUT2D eigenvalue weighted by Crippen LogP contribution is -2.28. The lowest BCUT2D eigenvalue weighted by atomic mass is 9.93. The molecule has 4 nitrogen and oxygen atoms in total. The highest BCUT2D eigenvalue weighted by atomic mass is 35.5. The Morgan fingerprint density at radius 1 is 1.04 bits per heavy atom. The quantitative estimate of drug-likeness (QED) is 0.496. The topological polar surface area (TPSA) is 41.6 Å². The standard InChI is InChI=1S/C23H28N2O2.ClH/c1-3-25(4-2)15-10-16-27-23-20-14-9-8-13-19(20)21(17-26)24-22(23)18-11-6-5-7-12-18;/h5-9,11-14,17,21,24H,3-4,10,15-16H2,1-2H3;1H. The number of aldehydes is 1. The summed E-state index contributed by atoms with van der Waals surface area (Å²) in [5, 5.41) is 3.37. The van der Waals surface area contributed by atoms with E-state index in [9.17, 15) is 4.79 Å². The molecule has 2 aromatic carbocycles. The Morgan fingerprint density at radius 2 is 1.71 bits per heavy atom. The van der Waals surface area contributed by atoms with Crippen LogP contribution < -0.4 is 5.32 Å². The maximum Gasteiger partial charge on any atom is 0.150 e. The first kappa shape index (κ1) is 22.0. The predicted octanol–water partition coefficient (Wildman–Crippen LogP) is 4.53. The van der Waals surface area contributed by atoms with Crippen LogP contribution in [0.15, 0.2) is 54.6 Å². The van der Waals surface area contributed by atoms with E-state index in [-0.39, 0.29) is 18.4 Å². The van der Waals surface area contributed by atoms with Crippen LogP contribution in [0.2, 0.25) is 0 Å². The molecule has 0 spiro atoms. The molecule has 0 saturated carbocycles. The summed E-state index contributed by atoms with van der Waals surface area (Å²) in [7, 11) is 0. The Labute approximate surface area is 174 Å². The number of benzene rings is 2. The largest absolute Gasteiger partial charge is 0.491 e. The fourth-order valence-electron chi connectivity index (χ4n) is 3.49. The molecular weight excluding hydrogens is 372 g/mol. The Hall–Kier alpha value is -2.30. The van der Waals surface area contributed by atoms with Gasteiger partial charge in [-0.15, -0.1) is 12.4 Å². The van der Waals surface area contributed by atoms with E-state index in [0.717, 1.165) is 60.5 Å². The number of fused-ring (bicyclic) bond motifs is 1. The van der Waals surface area contributed by atoms with Crippen molar-refractivity contribution in [3.63, 3.8) is 0 Å². The molecule has 0 aliphatic carbocycles. The molecule has 0 aromatic heterocycles. The van der Waals surface area contributed by atoms with E-state index in [1.807, 2.05) is 54.6 Å². The number of hydrogen-bond donors (Lipinski definition) is 1. The van der Waals surface area contributed by atoms with Gasteiger partial charge in [0.05, 0.1) is 12.3 Å². The highest BCUT2D eigenvalue weighted by Crippen LogP contribution is 2.36. The molecule has 2 aromatic rings. The molecule has 0 amide bonds. The van der Waals surface area contributed by atoms with Crippen molar-refractivity contribution < 1.29 is 9.53 Å². The summed E-state index contributed by atoms with van der Waals surface area (Å²) in [6, 6.07) is 17.7. The van der Waals surface area contributed by atoms with Crippen LogP contribution in [0, 0.1) is 0 Å². The average Bonchev–Trinajstić information content (AvgIpc) is 2.74. The van der Waals surface area contributed by atoms with Crippen LogP contribution >= 0.6 is 12.4 Å². The Balaban J connectivity index is 0.00000280. The van der Waals surface area contributed by atoms with Gasteiger partial charge in [0, 0.05) is 17.7 Å².